The van der Waals surface area contributed by atoms with Crippen molar-refractivity contribution in [2.75, 3.05) is 19.7 Å². The number of aliphatic carboxylic acids is 1. The lowest BCUT2D eigenvalue weighted by Gasteiger charge is -2.23. The van der Waals surface area contributed by atoms with Crippen molar-refractivity contribution in [1.29, 1.82) is 0 Å². The molecule has 3 N–H and O–H groups in total. The zero-order chi connectivity index (χ0) is 13.4. The van der Waals surface area contributed by atoms with E-state index in [1.54, 1.807) is 6.92 Å². The molecule has 0 aromatic heterocycles. The van der Waals surface area contributed by atoms with Crippen LogP contribution in [0, 0.1) is 0 Å². The molecule has 8 heteroatoms. The van der Waals surface area contributed by atoms with Gasteiger partial charge in [-0.2, -0.15) is 0 Å². The fraction of sp³-hybridized carbons (Fsp3) is 0.778. The Morgan fingerprint density at radius 2 is 2.00 bits per heavy atom. The quantitative estimate of drug-likeness (QED) is 0.602. The van der Waals surface area contributed by atoms with Gasteiger partial charge in [-0.15, -0.1) is 0 Å². The smallest absolute Gasteiger partial charge is 0.326 e. The van der Waals surface area contributed by atoms with E-state index >= 15 is 0 Å². The number of aliphatic hydroxyl groups excluding tert-OH is 1. The van der Waals surface area contributed by atoms with E-state index in [1.165, 1.54) is 0 Å². The highest BCUT2D eigenvalue weighted by atomic mass is 19.3. The van der Waals surface area contributed by atoms with Gasteiger partial charge in [0.05, 0.1) is 13.2 Å². The van der Waals surface area contributed by atoms with Gasteiger partial charge in [-0.25, -0.2) is 18.4 Å². The van der Waals surface area contributed by atoms with Crippen molar-refractivity contribution in [3.63, 3.8) is 0 Å². The molecule has 0 aliphatic heterocycles. The minimum Gasteiger partial charge on any atom is -0.480 e. The standard InChI is InChI=1S/C9H16F2N2O4/c1-2-6(8(15)16)12-9(17)13(3-4-14)5-7(10)11/h6-7,14H,2-5H2,1H3,(H,12,17)(H,15,16). The number of hydrogen-bond donors (Lipinski definition) is 3. The van der Waals surface area contributed by atoms with Crippen LogP contribution < -0.4 is 5.32 Å². The molecule has 0 spiro atoms. The van der Waals surface area contributed by atoms with Crippen molar-refractivity contribution in [1.82, 2.24) is 10.2 Å². The Balaban J connectivity index is 4.44. The summed E-state index contributed by atoms with van der Waals surface area (Å²) in [4.78, 5) is 22.8. The summed E-state index contributed by atoms with van der Waals surface area (Å²) in [5, 5.41) is 19.4. The topological polar surface area (TPSA) is 89.9 Å². The van der Waals surface area contributed by atoms with E-state index in [0.29, 0.717) is 4.90 Å². The van der Waals surface area contributed by atoms with Crippen molar-refractivity contribution in [2.24, 2.45) is 0 Å². The molecule has 2 amide bonds. The van der Waals surface area contributed by atoms with Crippen LogP contribution >= 0.6 is 0 Å². The molecule has 0 aromatic rings. The number of rotatable bonds is 7. The normalized spacial score (nSPS) is 12.3. The summed E-state index contributed by atoms with van der Waals surface area (Å²) in [6.07, 6.45) is -2.60. The predicted molar refractivity (Wildman–Crippen MR) is 54.9 cm³/mol. The van der Waals surface area contributed by atoms with Gasteiger partial charge in [-0.3, -0.25) is 0 Å². The number of halogens is 2. The predicted octanol–water partition coefficient (Wildman–Crippen LogP) is 0.119. The van der Waals surface area contributed by atoms with Crippen LogP contribution in [0.25, 0.3) is 0 Å². The van der Waals surface area contributed by atoms with E-state index in [4.69, 9.17) is 10.2 Å². The van der Waals surface area contributed by atoms with E-state index in [2.05, 4.69) is 5.32 Å². The summed E-state index contributed by atoms with van der Waals surface area (Å²) in [7, 11) is 0. The van der Waals surface area contributed by atoms with Crippen molar-refractivity contribution >= 4 is 12.0 Å². The number of carboxylic acid groups (broad SMARTS) is 1. The van der Waals surface area contributed by atoms with Crippen molar-refractivity contribution in [3.05, 3.63) is 0 Å². The van der Waals surface area contributed by atoms with Gasteiger partial charge in [-0.1, -0.05) is 6.92 Å². The molecule has 0 aliphatic rings. The molecule has 0 aromatic carbocycles. The van der Waals surface area contributed by atoms with Crippen LogP contribution in [0.3, 0.4) is 0 Å². The van der Waals surface area contributed by atoms with Crippen LogP contribution in [0.15, 0.2) is 0 Å². The molecule has 0 radical (unpaired) electrons. The first kappa shape index (κ1) is 15.6. The maximum absolute atomic E-state index is 12.1. The number of aliphatic hydroxyl groups is 1. The lowest BCUT2D eigenvalue weighted by molar-refractivity contribution is -0.139. The zero-order valence-corrected chi connectivity index (χ0v) is 9.40. The van der Waals surface area contributed by atoms with E-state index in [-0.39, 0.29) is 13.0 Å². The second kappa shape index (κ2) is 7.77. The number of urea groups is 1. The number of amides is 2. The molecule has 0 heterocycles. The summed E-state index contributed by atoms with van der Waals surface area (Å²) in [5.41, 5.74) is 0. The Morgan fingerprint density at radius 3 is 2.35 bits per heavy atom. The van der Waals surface area contributed by atoms with Crippen molar-refractivity contribution in [2.45, 2.75) is 25.8 Å². The Labute approximate surface area is 97.2 Å². The highest BCUT2D eigenvalue weighted by molar-refractivity contribution is 5.82. The molecule has 6 nitrogen and oxygen atoms in total. The van der Waals surface area contributed by atoms with Gasteiger partial charge in [0.2, 0.25) is 0 Å². The summed E-state index contributed by atoms with van der Waals surface area (Å²) < 4.78 is 24.3. The van der Waals surface area contributed by atoms with Crippen molar-refractivity contribution < 1.29 is 28.6 Å². The molecule has 0 fully saturated rings. The molecule has 0 saturated carbocycles. The number of nitrogens with zero attached hydrogens (tertiary/aromatic N) is 1. The Morgan fingerprint density at radius 1 is 1.41 bits per heavy atom. The second-order valence-electron chi connectivity index (χ2n) is 3.31. The third-order valence-corrected chi connectivity index (χ3v) is 2.02. The van der Waals surface area contributed by atoms with Gasteiger partial charge < -0.3 is 20.4 Å². The zero-order valence-electron chi connectivity index (χ0n) is 9.40. The Hall–Kier alpha value is -1.44. The van der Waals surface area contributed by atoms with Crippen molar-refractivity contribution in [3.8, 4) is 0 Å². The minimum absolute atomic E-state index is 0.142. The van der Waals surface area contributed by atoms with Crippen LogP contribution in [-0.2, 0) is 4.79 Å². The Bertz CT molecular complexity index is 263. The number of nitrogens with one attached hydrogen (secondary N) is 1. The maximum atomic E-state index is 12.1. The molecule has 0 saturated heterocycles. The highest BCUT2D eigenvalue weighted by Gasteiger charge is 2.23. The number of carbonyl (C=O) groups excluding carboxylic acids is 1. The average molecular weight is 254 g/mol. The maximum Gasteiger partial charge on any atom is 0.326 e. The summed E-state index contributed by atoms with van der Waals surface area (Å²) >= 11 is 0. The second-order valence-corrected chi connectivity index (χ2v) is 3.31. The third-order valence-electron chi connectivity index (χ3n) is 2.02. The van der Waals surface area contributed by atoms with Gasteiger partial charge in [-0.05, 0) is 6.42 Å². The van der Waals surface area contributed by atoms with E-state index in [1.807, 2.05) is 0 Å². The van der Waals surface area contributed by atoms with Crippen LogP contribution in [-0.4, -0.2) is 59.3 Å². The van der Waals surface area contributed by atoms with Gasteiger partial charge in [0.1, 0.15) is 6.04 Å². The summed E-state index contributed by atoms with van der Waals surface area (Å²) in [6.45, 7) is -0.0404. The molecule has 0 aliphatic carbocycles. The third kappa shape index (κ3) is 6.00. The van der Waals surface area contributed by atoms with Gasteiger partial charge in [0, 0.05) is 6.54 Å². The molecule has 100 valence electrons. The van der Waals surface area contributed by atoms with Crippen LogP contribution in [0.2, 0.25) is 0 Å². The first-order valence-corrected chi connectivity index (χ1v) is 5.09. The molecule has 0 rings (SSSR count). The van der Waals surface area contributed by atoms with E-state index in [9.17, 15) is 18.4 Å². The molecule has 17 heavy (non-hydrogen) atoms. The summed E-state index contributed by atoms with van der Waals surface area (Å²) in [6, 6.07) is -2.05. The molecule has 1 unspecified atom stereocenters. The number of carbonyl (C=O) groups is 2. The van der Waals surface area contributed by atoms with E-state index < -0.39 is 37.6 Å². The first-order chi connectivity index (χ1) is 7.92. The minimum atomic E-state index is -2.74. The molecular weight excluding hydrogens is 238 g/mol. The monoisotopic (exact) mass is 254 g/mol. The number of hydrogen-bond acceptors (Lipinski definition) is 3. The van der Waals surface area contributed by atoms with Crippen LogP contribution in [0.4, 0.5) is 13.6 Å². The fourth-order valence-electron chi connectivity index (χ4n) is 1.14. The molecule has 1 atom stereocenters. The van der Waals surface area contributed by atoms with Gasteiger partial charge in [0.15, 0.2) is 0 Å². The highest BCUT2D eigenvalue weighted by Crippen LogP contribution is 2.00. The Kier molecular flexibility index (Phi) is 7.11. The van der Waals surface area contributed by atoms with E-state index in [0.717, 1.165) is 0 Å². The largest absolute Gasteiger partial charge is 0.480 e. The molecular formula is C9H16F2N2O4. The average Bonchev–Trinajstić information content (AvgIpc) is 2.23. The fourth-order valence-corrected chi connectivity index (χ4v) is 1.14. The SMILES string of the molecule is CCC(NC(=O)N(CCO)CC(F)F)C(=O)O. The van der Waals surface area contributed by atoms with Crippen LogP contribution in [0.5, 0.6) is 0 Å². The lowest BCUT2D eigenvalue weighted by atomic mass is 10.2. The molecule has 0 bridgehead atoms. The summed E-state index contributed by atoms with van der Waals surface area (Å²) in [5.74, 6) is -1.23. The lowest BCUT2D eigenvalue weighted by Crippen LogP contribution is -2.49. The van der Waals surface area contributed by atoms with Crippen LogP contribution in [0.1, 0.15) is 13.3 Å². The number of carboxylic acids is 1. The number of alkyl halides is 2. The van der Waals surface area contributed by atoms with Gasteiger partial charge in [0.25, 0.3) is 6.43 Å². The van der Waals surface area contributed by atoms with Gasteiger partial charge >= 0.3 is 12.0 Å². The first-order valence-electron chi connectivity index (χ1n) is 5.09.